The average molecular weight is 382 g/mol. The minimum absolute atomic E-state index is 0.556. The quantitative estimate of drug-likeness (QED) is 0.426. The monoisotopic (exact) mass is 382 g/mol. The minimum Gasteiger partial charge on any atom is -0.222 e. The van der Waals surface area contributed by atoms with Crippen molar-refractivity contribution in [1.82, 2.24) is 0 Å². The number of benzene rings is 2. The molecule has 8 nitrogen and oxygen atoms in total. The van der Waals surface area contributed by atoms with Crippen molar-refractivity contribution in [2.24, 2.45) is 9.98 Å². The van der Waals surface area contributed by atoms with Gasteiger partial charge in [-0.15, -0.1) is 0 Å². The number of fused-ring (bicyclic) bond motifs is 1. The molecule has 2 aromatic rings. The van der Waals surface area contributed by atoms with Gasteiger partial charge in [0.1, 0.15) is 0 Å². The highest BCUT2D eigenvalue weighted by Crippen LogP contribution is 2.11. The first-order chi connectivity index (χ1) is 13.7. The van der Waals surface area contributed by atoms with Gasteiger partial charge in [0.15, 0.2) is 0 Å². The Kier molecular flexibility index (Phi) is 21.9. The fourth-order valence-electron chi connectivity index (χ4n) is 1.96. The molecule has 0 aliphatic heterocycles. The molecule has 2 rings (SSSR count). The van der Waals surface area contributed by atoms with Gasteiger partial charge in [0.05, 0.1) is 13.1 Å². The van der Waals surface area contributed by atoms with Gasteiger partial charge in [0.2, 0.25) is 24.3 Å². The van der Waals surface area contributed by atoms with Crippen LogP contribution < -0.4 is 0 Å². The Bertz CT molecular complexity index is 714. The lowest BCUT2D eigenvalue weighted by Crippen LogP contribution is -1.84. The number of rotatable bonds is 7. The van der Waals surface area contributed by atoms with E-state index in [1.807, 2.05) is 0 Å². The summed E-state index contributed by atoms with van der Waals surface area (Å²) in [6.07, 6.45) is 8.30. The summed E-state index contributed by atoms with van der Waals surface area (Å²) in [7, 11) is 0. The smallest absolute Gasteiger partial charge is 0.222 e. The molecule has 0 radical (unpaired) electrons. The van der Waals surface area contributed by atoms with E-state index in [4.69, 9.17) is 20.4 Å². The Morgan fingerprint density at radius 1 is 0.607 bits per heavy atom. The van der Waals surface area contributed by atoms with Crippen LogP contribution >= 0.6 is 0 Å². The molecule has 28 heavy (non-hydrogen) atoms. The molecule has 2 N–H and O–H groups in total. The SMILES string of the molecule is N=C=O.N=C=O.O=C=NCCCCCCN=C=O.c1ccc2ccccc2c1. The fraction of sp³-hybridized carbons (Fsp3) is 0.300. The van der Waals surface area contributed by atoms with Gasteiger partial charge < -0.3 is 0 Å². The van der Waals surface area contributed by atoms with Crippen molar-refractivity contribution >= 4 is 35.1 Å². The number of nitrogens with zero attached hydrogens (tertiary/aromatic N) is 2. The van der Waals surface area contributed by atoms with E-state index in [1.54, 1.807) is 0 Å². The van der Waals surface area contributed by atoms with Gasteiger partial charge in [0, 0.05) is 0 Å². The van der Waals surface area contributed by atoms with Crippen LogP contribution in [0.1, 0.15) is 25.7 Å². The highest BCUT2D eigenvalue weighted by Gasteiger charge is 1.88. The Morgan fingerprint density at radius 3 is 1.14 bits per heavy atom. The lowest BCUT2D eigenvalue weighted by atomic mass is 10.1. The molecule has 0 fully saturated rings. The molecule has 0 aliphatic carbocycles. The second-order valence-electron chi connectivity index (χ2n) is 4.91. The van der Waals surface area contributed by atoms with E-state index < -0.39 is 0 Å². The molecule has 8 heteroatoms. The molecule has 146 valence electrons. The number of hydrogen-bond donors (Lipinski definition) is 2. The van der Waals surface area contributed by atoms with Gasteiger partial charge in [-0.2, -0.15) is 0 Å². The molecule has 0 saturated heterocycles. The van der Waals surface area contributed by atoms with Gasteiger partial charge in [-0.05, 0) is 23.6 Å². The molecule has 0 aliphatic rings. The normalized spacial score (nSPS) is 7.71. The van der Waals surface area contributed by atoms with E-state index in [9.17, 15) is 9.59 Å². The van der Waals surface area contributed by atoms with Crippen LogP contribution in [-0.2, 0) is 19.2 Å². The van der Waals surface area contributed by atoms with E-state index in [-0.39, 0.29) is 0 Å². The van der Waals surface area contributed by atoms with Crippen LogP contribution in [0.4, 0.5) is 0 Å². The molecule has 0 amide bonds. The zero-order valence-corrected chi connectivity index (χ0v) is 15.4. The van der Waals surface area contributed by atoms with Crippen molar-refractivity contribution in [1.29, 1.82) is 10.8 Å². The van der Waals surface area contributed by atoms with Crippen LogP contribution in [0, 0.1) is 10.8 Å². The summed E-state index contributed by atoms with van der Waals surface area (Å²) in [5.41, 5.74) is 0. The number of carbonyl (C=O) groups excluding carboxylic acids is 4. The van der Waals surface area contributed by atoms with Crippen LogP contribution in [0.15, 0.2) is 58.5 Å². The van der Waals surface area contributed by atoms with E-state index in [0.717, 1.165) is 37.8 Å². The second kappa shape index (κ2) is 23.2. The molecule has 2 aromatic carbocycles. The lowest BCUT2D eigenvalue weighted by Gasteiger charge is -1.93. The van der Waals surface area contributed by atoms with E-state index in [1.165, 1.54) is 22.9 Å². The molecule has 0 spiro atoms. The number of isocyanates is 4. The van der Waals surface area contributed by atoms with Crippen molar-refractivity contribution in [3.05, 3.63) is 48.5 Å². The third kappa shape index (κ3) is 18.6. The fourth-order valence-corrected chi connectivity index (χ4v) is 1.96. The van der Waals surface area contributed by atoms with Gasteiger partial charge in [-0.3, -0.25) is 0 Å². The third-order valence-electron chi connectivity index (χ3n) is 3.08. The van der Waals surface area contributed by atoms with E-state index in [2.05, 4.69) is 58.5 Å². The first kappa shape index (κ1) is 26.4. The van der Waals surface area contributed by atoms with Crippen molar-refractivity contribution in [2.45, 2.75) is 25.7 Å². The van der Waals surface area contributed by atoms with Crippen LogP contribution in [-0.4, -0.2) is 37.4 Å². The average Bonchev–Trinajstić information content (AvgIpc) is 2.72. The van der Waals surface area contributed by atoms with Crippen LogP contribution in [0.3, 0.4) is 0 Å². The topological polar surface area (TPSA) is 141 Å². The maximum Gasteiger partial charge on any atom is 0.234 e. The van der Waals surface area contributed by atoms with Crippen LogP contribution in [0.5, 0.6) is 0 Å². The summed E-state index contributed by atoms with van der Waals surface area (Å²) in [4.78, 5) is 42.8. The number of hydrogen-bond acceptors (Lipinski definition) is 8. The third-order valence-corrected chi connectivity index (χ3v) is 3.08. The maximum atomic E-state index is 9.63. The Balaban J connectivity index is 0. The predicted molar refractivity (Wildman–Crippen MR) is 105 cm³/mol. The summed E-state index contributed by atoms with van der Waals surface area (Å²) < 4.78 is 0. The van der Waals surface area contributed by atoms with E-state index in [0.29, 0.717) is 13.1 Å². The minimum atomic E-state index is 0.556. The maximum absolute atomic E-state index is 9.63. The zero-order chi connectivity index (χ0) is 21.3. The van der Waals surface area contributed by atoms with Gasteiger partial charge in [0.25, 0.3) is 0 Å². The first-order valence-electron chi connectivity index (χ1n) is 8.30. The van der Waals surface area contributed by atoms with Gasteiger partial charge in [-0.1, -0.05) is 61.4 Å². The summed E-state index contributed by atoms with van der Waals surface area (Å²) in [5, 5.41) is 13.4. The largest absolute Gasteiger partial charge is 0.234 e. The highest BCUT2D eigenvalue weighted by molar-refractivity contribution is 5.81. The molecule has 0 unspecified atom stereocenters. The highest BCUT2D eigenvalue weighted by atomic mass is 16.1. The number of aliphatic imine (C=N–C) groups is 2. The van der Waals surface area contributed by atoms with E-state index >= 15 is 0 Å². The van der Waals surface area contributed by atoms with Crippen molar-refractivity contribution in [3.8, 4) is 0 Å². The summed E-state index contributed by atoms with van der Waals surface area (Å²) in [5.74, 6) is 0. The molecule has 0 heterocycles. The molecule has 0 saturated carbocycles. The lowest BCUT2D eigenvalue weighted by molar-refractivity contribution is 0.558. The summed E-state index contributed by atoms with van der Waals surface area (Å²) in [6, 6.07) is 16.7. The Morgan fingerprint density at radius 2 is 0.893 bits per heavy atom. The summed E-state index contributed by atoms with van der Waals surface area (Å²) >= 11 is 0. The van der Waals surface area contributed by atoms with Crippen molar-refractivity contribution < 1.29 is 19.2 Å². The second-order valence-corrected chi connectivity index (χ2v) is 4.91. The number of nitrogens with one attached hydrogen (secondary N) is 2. The zero-order valence-electron chi connectivity index (χ0n) is 15.4. The molecule has 0 bridgehead atoms. The molecule has 0 atom stereocenters. The number of unbranched alkanes of at least 4 members (excludes halogenated alkanes) is 3. The molecular formula is C20H22N4O4. The summed E-state index contributed by atoms with van der Waals surface area (Å²) in [6.45, 7) is 1.11. The van der Waals surface area contributed by atoms with Gasteiger partial charge in [-0.25, -0.2) is 40.0 Å². The molecular weight excluding hydrogens is 360 g/mol. The standard InChI is InChI=1S/C10H8.C8H12N2O2.2CHNO/c1-2-6-10-8-4-3-7-9(10)5-1;11-7-9-5-3-1-2-4-6-10-8-12;2*2-1-3/h1-8H;1-6H2;2*2H. The van der Waals surface area contributed by atoms with Crippen LogP contribution in [0.2, 0.25) is 0 Å². The predicted octanol–water partition coefficient (Wildman–Crippen LogP) is 3.86. The Labute approximate surface area is 163 Å². The van der Waals surface area contributed by atoms with Gasteiger partial charge >= 0.3 is 0 Å². The molecule has 0 aromatic heterocycles. The Hall–Kier alpha value is -3.78. The first-order valence-corrected chi connectivity index (χ1v) is 8.30. The van der Waals surface area contributed by atoms with Crippen molar-refractivity contribution in [2.75, 3.05) is 13.1 Å². The van der Waals surface area contributed by atoms with Crippen molar-refractivity contribution in [3.63, 3.8) is 0 Å². The van der Waals surface area contributed by atoms with Crippen LogP contribution in [0.25, 0.3) is 10.8 Å².